The maximum absolute atomic E-state index is 5.84. The molecule has 1 fully saturated rings. The Balaban J connectivity index is 2.35. The summed E-state index contributed by atoms with van der Waals surface area (Å²) in [6.07, 6.45) is 1.16. The summed E-state index contributed by atoms with van der Waals surface area (Å²) in [6.45, 7) is 12.0. The first-order valence-electron chi connectivity index (χ1n) is 5.98. The SMILES string of the molecule is CCNC(COC(C)(C)C)C1CCOC1. The summed E-state index contributed by atoms with van der Waals surface area (Å²) < 4.78 is 11.3. The molecule has 90 valence electrons. The topological polar surface area (TPSA) is 30.5 Å². The Bertz CT molecular complexity index is 171. The highest BCUT2D eigenvalue weighted by Crippen LogP contribution is 2.18. The van der Waals surface area contributed by atoms with Crippen molar-refractivity contribution in [3.05, 3.63) is 0 Å². The van der Waals surface area contributed by atoms with E-state index in [2.05, 4.69) is 33.0 Å². The van der Waals surface area contributed by atoms with E-state index >= 15 is 0 Å². The van der Waals surface area contributed by atoms with Gasteiger partial charge in [-0.15, -0.1) is 0 Å². The molecule has 0 aromatic carbocycles. The van der Waals surface area contributed by atoms with E-state index in [1.54, 1.807) is 0 Å². The molecule has 15 heavy (non-hydrogen) atoms. The first kappa shape index (κ1) is 12.9. The smallest absolute Gasteiger partial charge is 0.0630 e. The fraction of sp³-hybridized carbons (Fsp3) is 1.00. The average Bonchev–Trinajstić information content (AvgIpc) is 2.63. The summed E-state index contributed by atoms with van der Waals surface area (Å²) in [5.74, 6) is 0.618. The van der Waals surface area contributed by atoms with Gasteiger partial charge in [0, 0.05) is 18.6 Å². The number of rotatable bonds is 5. The second-order valence-electron chi connectivity index (χ2n) is 5.21. The van der Waals surface area contributed by atoms with Crippen molar-refractivity contribution in [1.82, 2.24) is 5.32 Å². The van der Waals surface area contributed by atoms with Crippen LogP contribution < -0.4 is 5.32 Å². The van der Waals surface area contributed by atoms with Gasteiger partial charge in [0.15, 0.2) is 0 Å². The van der Waals surface area contributed by atoms with Crippen molar-refractivity contribution in [3.63, 3.8) is 0 Å². The van der Waals surface area contributed by atoms with E-state index < -0.39 is 0 Å². The Morgan fingerprint density at radius 2 is 2.20 bits per heavy atom. The Morgan fingerprint density at radius 3 is 2.67 bits per heavy atom. The Morgan fingerprint density at radius 1 is 1.47 bits per heavy atom. The highest BCUT2D eigenvalue weighted by molar-refractivity contribution is 4.79. The van der Waals surface area contributed by atoms with Crippen LogP contribution in [-0.2, 0) is 9.47 Å². The van der Waals surface area contributed by atoms with Gasteiger partial charge in [-0.05, 0) is 33.7 Å². The minimum Gasteiger partial charge on any atom is -0.381 e. The standard InChI is InChI=1S/C12H25NO2/c1-5-13-11(9-15-12(2,3)4)10-6-7-14-8-10/h10-11,13H,5-9H2,1-4H3. The number of likely N-dealkylation sites (N-methyl/N-ethyl adjacent to an activating group) is 1. The summed E-state index contributed by atoms with van der Waals surface area (Å²) in [6, 6.07) is 0.441. The normalized spacial score (nSPS) is 24.4. The quantitative estimate of drug-likeness (QED) is 0.759. The lowest BCUT2D eigenvalue weighted by atomic mass is 9.99. The van der Waals surface area contributed by atoms with Crippen LogP contribution in [0.25, 0.3) is 0 Å². The van der Waals surface area contributed by atoms with Gasteiger partial charge in [-0.3, -0.25) is 0 Å². The van der Waals surface area contributed by atoms with Crippen LogP contribution in [0.15, 0.2) is 0 Å². The summed E-state index contributed by atoms with van der Waals surface area (Å²) in [5.41, 5.74) is -0.0485. The molecule has 1 rings (SSSR count). The van der Waals surface area contributed by atoms with Gasteiger partial charge < -0.3 is 14.8 Å². The third-order valence-electron chi connectivity index (χ3n) is 2.70. The van der Waals surface area contributed by atoms with E-state index in [1.807, 2.05) is 0 Å². The maximum Gasteiger partial charge on any atom is 0.0630 e. The highest BCUT2D eigenvalue weighted by atomic mass is 16.5. The van der Waals surface area contributed by atoms with Crippen LogP contribution >= 0.6 is 0 Å². The molecule has 1 heterocycles. The molecule has 0 aromatic heterocycles. The number of hydrogen-bond donors (Lipinski definition) is 1. The Labute approximate surface area is 93.5 Å². The molecule has 1 saturated heterocycles. The summed E-state index contributed by atoms with van der Waals surface area (Å²) in [5, 5.41) is 3.49. The Kier molecular flexibility index (Phi) is 5.03. The van der Waals surface area contributed by atoms with Crippen molar-refractivity contribution in [2.75, 3.05) is 26.4 Å². The van der Waals surface area contributed by atoms with Gasteiger partial charge in [0.25, 0.3) is 0 Å². The van der Waals surface area contributed by atoms with Crippen molar-refractivity contribution in [3.8, 4) is 0 Å². The van der Waals surface area contributed by atoms with Crippen LogP contribution in [0.2, 0.25) is 0 Å². The fourth-order valence-electron chi connectivity index (χ4n) is 1.83. The first-order chi connectivity index (χ1) is 7.03. The second kappa shape index (κ2) is 5.83. The second-order valence-corrected chi connectivity index (χ2v) is 5.21. The molecule has 0 saturated carbocycles. The van der Waals surface area contributed by atoms with E-state index in [4.69, 9.17) is 9.47 Å². The third kappa shape index (κ3) is 4.96. The highest BCUT2D eigenvalue weighted by Gasteiger charge is 2.26. The van der Waals surface area contributed by atoms with Crippen molar-refractivity contribution in [1.29, 1.82) is 0 Å². The molecule has 0 bridgehead atoms. The lowest BCUT2D eigenvalue weighted by Crippen LogP contribution is -2.42. The summed E-state index contributed by atoms with van der Waals surface area (Å²) >= 11 is 0. The molecule has 1 aliphatic heterocycles. The van der Waals surface area contributed by atoms with Crippen molar-refractivity contribution in [2.45, 2.75) is 45.8 Å². The molecule has 0 aliphatic carbocycles. The summed E-state index contributed by atoms with van der Waals surface area (Å²) in [7, 11) is 0. The molecule has 1 aliphatic rings. The van der Waals surface area contributed by atoms with E-state index in [0.29, 0.717) is 12.0 Å². The fourth-order valence-corrected chi connectivity index (χ4v) is 1.83. The van der Waals surface area contributed by atoms with Gasteiger partial charge in [-0.25, -0.2) is 0 Å². The number of hydrogen-bond acceptors (Lipinski definition) is 3. The monoisotopic (exact) mass is 215 g/mol. The van der Waals surface area contributed by atoms with Gasteiger partial charge >= 0.3 is 0 Å². The predicted molar refractivity (Wildman–Crippen MR) is 62.1 cm³/mol. The first-order valence-corrected chi connectivity index (χ1v) is 5.98. The van der Waals surface area contributed by atoms with E-state index in [-0.39, 0.29) is 5.60 Å². The lowest BCUT2D eigenvalue weighted by molar-refractivity contribution is -0.0225. The van der Waals surface area contributed by atoms with Crippen LogP contribution in [-0.4, -0.2) is 38.0 Å². The molecular weight excluding hydrogens is 190 g/mol. The molecule has 0 amide bonds. The molecule has 0 aromatic rings. The number of nitrogens with one attached hydrogen (secondary N) is 1. The lowest BCUT2D eigenvalue weighted by Gasteiger charge is -2.28. The average molecular weight is 215 g/mol. The van der Waals surface area contributed by atoms with Gasteiger partial charge in [0.2, 0.25) is 0 Å². The molecule has 2 atom stereocenters. The number of ether oxygens (including phenoxy) is 2. The zero-order valence-corrected chi connectivity index (χ0v) is 10.5. The molecule has 1 N–H and O–H groups in total. The van der Waals surface area contributed by atoms with Crippen LogP contribution in [0.5, 0.6) is 0 Å². The molecule has 0 radical (unpaired) electrons. The summed E-state index contributed by atoms with van der Waals surface area (Å²) in [4.78, 5) is 0. The van der Waals surface area contributed by atoms with Crippen LogP contribution in [0.3, 0.4) is 0 Å². The van der Waals surface area contributed by atoms with Crippen LogP contribution in [0, 0.1) is 5.92 Å². The largest absolute Gasteiger partial charge is 0.381 e. The van der Waals surface area contributed by atoms with Gasteiger partial charge in [-0.1, -0.05) is 6.92 Å². The minimum absolute atomic E-state index is 0.0485. The zero-order valence-electron chi connectivity index (χ0n) is 10.5. The van der Waals surface area contributed by atoms with E-state index in [9.17, 15) is 0 Å². The van der Waals surface area contributed by atoms with Crippen LogP contribution in [0.4, 0.5) is 0 Å². The molecular formula is C12H25NO2. The maximum atomic E-state index is 5.84. The van der Waals surface area contributed by atoms with Crippen LogP contribution in [0.1, 0.15) is 34.1 Å². The van der Waals surface area contributed by atoms with Gasteiger partial charge in [-0.2, -0.15) is 0 Å². The van der Waals surface area contributed by atoms with Gasteiger partial charge in [0.1, 0.15) is 0 Å². The van der Waals surface area contributed by atoms with Crippen molar-refractivity contribution in [2.24, 2.45) is 5.92 Å². The molecule has 0 spiro atoms. The minimum atomic E-state index is -0.0485. The van der Waals surface area contributed by atoms with E-state index in [1.165, 1.54) is 0 Å². The van der Waals surface area contributed by atoms with Gasteiger partial charge in [0.05, 0.1) is 18.8 Å². The van der Waals surface area contributed by atoms with Crippen molar-refractivity contribution < 1.29 is 9.47 Å². The molecule has 2 unspecified atom stereocenters. The molecule has 3 nitrogen and oxygen atoms in total. The third-order valence-corrected chi connectivity index (χ3v) is 2.70. The predicted octanol–water partition coefficient (Wildman–Crippen LogP) is 1.82. The molecule has 3 heteroatoms. The Hall–Kier alpha value is -0.120. The van der Waals surface area contributed by atoms with E-state index in [0.717, 1.165) is 32.8 Å². The zero-order chi connectivity index (χ0) is 11.3. The van der Waals surface area contributed by atoms with Crippen molar-refractivity contribution >= 4 is 0 Å².